The summed E-state index contributed by atoms with van der Waals surface area (Å²) in [4.78, 5) is 12.5. The molecule has 2 aliphatic rings. The highest BCUT2D eigenvalue weighted by Crippen LogP contribution is 2.53. The largest absolute Gasteiger partial charge is 0.326 e. The summed E-state index contributed by atoms with van der Waals surface area (Å²) in [5.74, 6) is -1.04. The summed E-state index contributed by atoms with van der Waals surface area (Å²) < 4.78 is 29.6. The van der Waals surface area contributed by atoms with Crippen molar-refractivity contribution in [1.29, 1.82) is 0 Å². The van der Waals surface area contributed by atoms with Gasteiger partial charge in [0.2, 0.25) is 5.91 Å². The summed E-state index contributed by atoms with van der Waals surface area (Å²) in [6.45, 7) is 3.96. The maximum absolute atomic E-state index is 14.0. The summed E-state index contributed by atoms with van der Waals surface area (Å²) >= 11 is 0. The SMILES string of the molecule is Cc1ccc(NC(=O)CCc2nnc(CCC3CCCCCC3)n2C2CC2(F)F)c(C)c1. The molecule has 1 heterocycles. The molecule has 2 saturated carbocycles. The third-order valence-electron chi connectivity index (χ3n) is 6.92. The molecule has 7 heteroatoms. The van der Waals surface area contributed by atoms with Crippen LogP contribution >= 0.6 is 0 Å². The number of alkyl halides is 2. The molecule has 174 valence electrons. The van der Waals surface area contributed by atoms with E-state index >= 15 is 0 Å². The molecule has 32 heavy (non-hydrogen) atoms. The third kappa shape index (κ3) is 5.54. The van der Waals surface area contributed by atoms with Gasteiger partial charge in [0.05, 0.1) is 0 Å². The normalized spacial score (nSPS) is 20.7. The Kier molecular flexibility index (Phi) is 6.91. The van der Waals surface area contributed by atoms with Crippen molar-refractivity contribution in [3.8, 4) is 0 Å². The summed E-state index contributed by atoms with van der Waals surface area (Å²) in [7, 11) is 0. The van der Waals surface area contributed by atoms with Gasteiger partial charge in [-0.05, 0) is 37.8 Å². The lowest BCUT2D eigenvalue weighted by Crippen LogP contribution is -2.16. The van der Waals surface area contributed by atoms with Crippen LogP contribution in [-0.2, 0) is 17.6 Å². The molecule has 1 atom stereocenters. The zero-order chi connectivity index (χ0) is 22.7. The Morgan fingerprint density at radius 2 is 1.75 bits per heavy atom. The summed E-state index contributed by atoms with van der Waals surface area (Å²) in [5, 5.41) is 11.4. The van der Waals surface area contributed by atoms with Gasteiger partial charge in [-0.1, -0.05) is 56.2 Å². The highest BCUT2D eigenvalue weighted by atomic mass is 19.3. The van der Waals surface area contributed by atoms with E-state index in [0.717, 1.165) is 23.2 Å². The summed E-state index contributed by atoms with van der Waals surface area (Å²) in [6.07, 6.45) is 9.55. The Bertz CT molecular complexity index is 947. The molecule has 0 saturated heterocycles. The predicted octanol–water partition coefficient (Wildman–Crippen LogP) is 5.95. The Morgan fingerprint density at radius 3 is 2.38 bits per heavy atom. The van der Waals surface area contributed by atoms with Gasteiger partial charge < -0.3 is 9.88 Å². The first-order valence-corrected chi connectivity index (χ1v) is 12.0. The number of halogens is 2. The molecule has 1 aromatic carbocycles. The molecule has 2 aliphatic carbocycles. The minimum Gasteiger partial charge on any atom is -0.326 e. The average Bonchev–Trinajstić information content (AvgIpc) is 3.31. The van der Waals surface area contributed by atoms with E-state index in [2.05, 4.69) is 15.5 Å². The van der Waals surface area contributed by atoms with Crippen LogP contribution in [0.3, 0.4) is 0 Å². The number of amides is 1. The van der Waals surface area contributed by atoms with Crippen molar-refractivity contribution in [3.05, 3.63) is 41.0 Å². The van der Waals surface area contributed by atoms with Crippen LogP contribution in [0.2, 0.25) is 0 Å². The van der Waals surface area contributed by atoms with E-state index in [1.54, 1.807) is 4.57 Å². The fraction of sp³-hybridized carbons (Fsp3) is 0.640. The number of aryl methyl sites for hydroxylation is 4. The van der Waals surface area contributed by atoms with Gasteiger partial charge in [0.15, 0.2) is 0 Å². The molecule has 2 fully saturated rings. The second-order valence-corrected chi connectivity index (χ2v) is 9.65. The lowest BCUT2D eigenvalue weighted by Gasteiger charge is -2.15. The van der Waals surface area contributed by atoms with Gasteiger partial charge in [0.1, 0.15) is 17.7 Å². The van der Waals surface area contributed by atoms with Crippen molar-refractivity contribution >= 4 is 11.6 Å². The van der Waals surface area contributed by atoms with E-state index in [9.17, 15) is 13.6 Å². The second kappa shape index (κ2) is 9.67. The van der Waals surface area contributed by atoms with E-state index in [1.165, 1.54) is 38.5 Å². The highest BCUT2D eigenvalue weighted by molar-refractivity contribution is 5.91. The monoisotopic (exact) mass is 444 g/mol. The third-order valence-corrected chi connectivity index (χ3v) is 6.92. The van der Waals surface area contributed by atoms with Gasteiger partial charge in [0, 0.05) is 31.4 Å². The minimum atomic E-state index is -2.70. The number of anilines is 1. The average molecular weight is 445 g/mol. The molecular formula is C25H34F2N4O. The zero-order valence-corrected chi connectivity index (χ0v) is 19.2. The molecule has 1 amide bonds. The van der Waals surface area contributed by atoms with Crippen LogP contribution in [0.4, 0.5) is 14.5 Å². The van der Waals surface area contributed by atoms with Crippen LogP contribution in [0.1, 0.15) is 86.6 Å². The topological polar surface area (TPSA) is 59.8 Å². The molecule has 0 aliphatic heterocycles. The number of nitrogens with zero attached hydrogens (tertiary/aromatic N) is 3. The molecule has 4 rings (SSSR count). The van der Waals surface area contributed by atoms with Crippen LogP contribution in [-0.4, -0.2) is 26.6 Å². The molecule has 0 bridgehead atoms. The Labute approximate surface area is 189 Å². The lowest BCUT2D eigenvalue weighted by molar-refractivity contribution is -0.116. The van der Waals surface area contributed by atoms with E-state index < -0.39 is 12.0 Å². The van der Waals surface area contributed by atoms with Crippen LogP contribution in [0.5, 0.6) is 0 Å². The predicted molar refractivity (Wildman–Crippen MR) is 121 cm³/mol. The lowest BCUT2D eigenvalue weighted by atomic mass is 9.95. The zero-order valence-electron chi connectivity index (χ0n) is 19.2. The van der Waals surface area contributed by atoms with Crippen LogP contribution in [0.25, 0.3) is 0 Å². The fourth-order valence-corrected chi connectivity index (χ4v) is 4.92. The number of hydrogen-bond donors (Lipinski definition) is 1. The standard InChI is InChI=1S/C25H34F2N4O/c1-17-9-11-20(18(2)15-17)28-24(32)14-13-23-30-29-22(31(23)21-16-25(21,26)27)12-10-19-7-5-3-4-6-8-19/h9,11,15,19,21H,3-8,10,12-14,16H2,1-2H3,(H,28,32). The van der Waals surface area contributed by atoms with Gasteiger partial charge in [-0.3, -0.25) is 4.79 Å². The Hall–Kier alpha value is -2.31. The Morgan fingerprint density at radius 1 is 1.09 bits per heavy atom. The maximum Gasteiger partial charge on any atom is 0.270 e. The molecule has 5 nitrogen and oxygen atoms in total. The van der Waals surface area contributed by atoms with Crippen molar-refractivity contribution in [2.75, 3.05) is 5.32 Å². The number of nitrogens with one attached hydrogen (secondary N) is 1. The number of carbonyl (C=O) groups is 1. The van der Waals surface area contributed by atoms with E-state index in [0.29, 0.717) is 30.4 Å². The van der Waals surface area contributed by atoms with E-state index in [-0.39, 0.29) is 18.7 Å². The van der Waals surface area contributed by atoms with Crippen molar-refractivity contribution in [2.24, 2.45) is 5.92 Å². The number of benzene rings is 1. The second-order valence-electron chi connectivity index (χ2n) is 9.65. The molecule has 1 N–H and O–H groups in total. The first-order valence-electron chi connectivity index (χ1n) is 12.0. The van der Waals surface area contributed by atoms with Gasteiger partial charge in [-0.15, -0.1) is 10.2 Å². The van der Waals surface area contributed by atoms with Crippen LogP contribution in [0, 0.1) is 19.8 Å². The number of aromatic nitrogens is 3. The quantitative estimate of drug-likeness (QED) is 0.512. The first kappa shape index (κ1) is 22.9. The molecule has 1 unspecified atom stereocenters. The van der Waals surface area contributed by atoms with E-state index in [1.807, 2.05) is 32.0 Å². The van der Waals surface area contributed by atoms with Crippen molar-refractivity contribution in [2.45, 2.75) is 96.4 Å². The molecular weight excluding hydrogens is 410 g/mol. The molecule has 1 aromatic heterocycles. The molecule has 2 aromatic rings. The van der Waals surface area contributed by atoms with Crippen molar-refractivity contribution < 1.29 is 13.6 Å². The van der Waals surface area contributed by atoms with Crippen LogP contribution < -0.4 is 5.32 Å². The maximum atomic E-state index is 14.0. The smallest absolute Gasteiger partial charge is 0.270 e. The van der Waals surface area contributed by atoms with Gasteiger partial charge in [-0.2, -0.15) is 0 Å². The van der Waals surface area contributed by atoms with Crippen LogP contribution in [0.15, 0.2) is 18.2 Å². The van der Waals surface area contributed by atoms with Gasteiger partial charge >= 0.3 is 0 Å². The Balaban J connectivity index is 1.40. The summed E-state index contributed by atoms with van der Waals surface area (Å²) in [5.41, 5.74) is 2.91. The summed E-state index contributed by atoms with van der Waals surface area (Å²) in [6, 6.07) is 5.00. The molecule has 0 radical (unpaired) electrons. The highest BCUT2D eigenvalue weighted by Gasteiger charge is 2.59. The molecule has 0 spiro atoms. The van der Waals surface area contributed by atoms with Crippen molar-refractivity contribution in [1.82, 2.24) is 14.8 Å². The first-order chi connectivity index (χ1) is 15.3. The van der Waals surface area contributed by atoms with E-state index in [4.69, 9.17) is 0 Å². The number of rotatable bonds is 8. The van der Waals surface area contributed by atoms with Gasteiger partial charge in [0.25, 0.3) is 5.92 Å². The number of carbonyl (C=O) groups excluding carboxylic acids is 1. The van der Waals surface area contributed by atoms with Crippen molar-refractivity contribution in [3.63, 3.8) is 0 Å². The number of hydrogen-bond acceptors (Lipinski definition) is 3. The fourth-order valence-electron chi connectivity index (χ4n) is 4.92. The van der Waals surface area contributed by atoms with Gasteiger partial charge in [-0.25, -0.2) is 8.78 Å². The minimum absolute atomic E-state index is 0.144.